The number of ether oxygens (including phenoxy) is 2. The van der Waals surface area contributed by atoms with Gasteiger partial charge in [0, 0.05) is 23.9 Å². The molecular formula is C44H40F3N9O14. The van der Waals surface area contributed by atoms with Crippen LogP contribution in [0.15, 0.2) is 127 Å². The molecule has 0 atom stereocenters. The van der Waals surface area contributed by atoms with E-state index in [4.69, 9.17) is 4.74 Å². The summed E-state index contributed by atoms with van der Waals surface area (Å²) >= 11 is 0. The number of hydrogen-bond donors (Lipinski definition) is 9. The van der Waals surface area contributed by atoms with E-state index in [0.717, 1.165) is 48.4 Å². The fourth-order valence-electron chi connectivity index (χ4n) is 5.63. The van der Waals surface area contributed by atoms with Crippen molar-refractivity contribution in [1.29, 1.82) is 0 Å². The number of carbonyl (C=O) groups excluding carboxylic acids is 3. The zero-order chi connectivity index (χ0) is 51.5. The number of non-ortho nitro benzene ring substituents is 3. The number of alkyl halides is 3. The first-order chi connectivity index (χ1) is 33.2. The minimum Gasteiger partial charge on any atom is -0.506 e. The molecule has 0 unspecified atom stereocenters. The van der Waals surface area contributed by atoms with E-state index in [1.807, 2.05) is 26.0 Å². The van der Waals surface area contributed by atoms with Gasteiger partial charge >= 0.3 is 24.5 Å². The molecular weight excluding hydrogens is 936 g/mol. The Bertz CT molecular complexity index is 2870. The average molecular weight is 976 g/mol. The number of nitrogens with one attached hydrogen (secondary N) is 6. The summed E-state index contributed by atoms with van der Waals surface area (Å²) in [6.45, 7) is 4.25. The summed E-state index contributed by atoms with van der Waals surface area (Å²) < 4.78 is 46.1. The smallest absolute Gasteiger partial charge is 0.506 e. The van der Waals surface area contributed by atoms with Crippen LogP contribution in [0.4, 0.5) is 78.7 Å². The van der Waals surface area contributed by atoms with Crippen molar-refractivity contribution < 1.29 is 67.1 Å². The summed E-state index contributed by atoms with van der Waals surface area (Å²) in [6, 6.07) is 26.7. The lowest BCUT2D eigenvalue weighted by atomic mass is 10.1. The fraction of sp³-hybridized carbons (Fsp3) is 0.114. The van der Waals surface area contributed by atoms with Gasteiger partial charge in [0.2, 0.25) is 0 Å². The molecule has 0 aliphatic rings. The zero-order valence-corrected chi connectivity index (χ0v) is 36.3. The highest BCUT2D eigenvalue weighted by molar-refractivity contribution is 6.03. The lowest BCUT2D eigenvalue weighted by molar-refractivity contribution is -0.385. The Morgan fingerprint density at radius 2 is 0.829 bits per heavy atom. The van der Waals surface area contributed by atoms with Crippen LogP contribution in [0.25, 0.3) is 0 Å². The molecule has 0 aliphatic carbocycles. The van der Waals surface area contributed by atoms with Crippen molar-refractivity contribution in [2.45, 2.75) is 26.6 Å². The lowest BCUT2D eigenvalue weighted by Crippen LogP contribution is -2.22. The molecule has 366 valence electrons. The Hall–Kier alpha value is -9.88. The molecule has 6 rings (SSSR count). The second-order valence-corrected chi connectivity index (χ2v) is 13.6. The number of aryl methyl sites for hydroxylation is 1. The maximum Gasteiger partial charge on any atom is 0.573 e. The number of halogens is 3. The molecule has 0 aliphatic heterocycles. The van der Waals surface area contributed by atoms with E-state index in [-0.39, 0.29) is 39.9 Å². The van der Waals surface area contributed by atoms with E-state index in [0.29, 0.717) is 23.7 Å². The molecule has 0 fully saturated rings. The molecule has 0 saturated heterocycles. The normalized spacial score (nSPS) is 10.3. The van der Waals surface area contributed by atoms with Crippen LogP contribution in [-0.2, 0) is 6.42 Å². The standard InChI is InChI=1S/C15H15N3O5.C15H15N3O4.C14H10F3N3O5/c1-2-23-14-6-4-3-5-12(14)17-15(20)16-11-8-7-10(18(21)22)9-13(11)19;1-2-10-5-3-4-6-12(10)16-15(20)17-13-8-7-11(18(21)22)9-14(13)19;15-14(16,17)25-12-4-2-1-3-10(12)19-13(22)18-9-6-5-8(20(23)24)7-11(9)21/h3-9,19H,2H2,1H3,(H2,16,17,20);3-9,19H,2H2,1H3,(H2,16,17,20);1-7,21H,(H2,18,19,22). The second-order valence-electron chi connectivity index (χ2n) is 13.6. The van der Waals surface area contributed by atoms with Crippen LogP contribution < -0.4 is 41.4 Å². The summed E-state index contributed by atoms with van der Waals surface area (Å²) in [4.78, 5) is 65.6. The van der Waals surface area contributed by atoms with Crippen LogP contribution in [0.5, 0.6) is 28.7 Å². The maximum absolute atomic E-state index is 12.3. The van der Waals surface area contributed by atoms with Gasteiger partial charge in [-0.25, -0.2) is 14.4 Å². The van der Waals surface area contributed by atoms with Crippen LogP contribution in [0.3, 0.4) is 0 Å². The molecule has 6 amide bonds. The van der Waals surface area contributed by atoms with E-state index < -0.39 is 62.2 Å². The predicted molar refractivity (Wildman–Crippen MR) is 249 cm³/mol. The number of anilines is 6. The van der Waals surface area contributed by atoms with Gasteiger partial charge in [0.05, 0.1) is 68.0 Å². The van der Waals surface area contributed by atoms with E-state index in [9.17, 15) is 73.2 Å². The number of amides is 6. The Balaban J connectivity index is 0.000000229. The summed E-state index contributed by atoms with van der Waals surface area (Å²) in [6.07, 6.45) is -4.18. The quantitative estimate of drug-likeness (QED) is 0.0295. The van der Waals surface area contributed by atoms with E-state index in [1.165, 1.54) is 42.5 Å². The number of urea groups is 3. The number of benzene rings is 6. The minimum absolute atomic E-state index is 0.0574. The maximum atomic E-state index is 12.3. The van der Waals surface area contributed by atoms with Crippen LogP contribution in [-0.4, -0.2) is 61.2 Å². The summed E-state index contributed by atoms with van der Waals surface area (Å²) in [5.74, 6) is -1.46. The molecule has 23 nitrogen and oxygen atoms in total. The van der Waals surface area contributed by atoms with Gasteiger partial charge in [0.1, 0.15) is 23.0 Å². The molecule has 70 heavy (non-hydrogen) atoms. The minimum atomic E-state index is -4.94. The number of para-hydroxylation sites is 5. The third kappa shape index (κ3) is 16.2. The van der Waals surface area contributed by atoms with E-state index in [2.05, 4.69) is 36.6 Å². The van der Waals surface area contributed by atoms with Gasteiger partial charge < -0.3 is 56.7 Å². The number of carbonyl (C=O) groups is 3. The van der Waals surface area contributed by atoms with Gasteiger partial charge in [-0.2, -0.15) is 0 Å². The number of phenols is 3. The summed E-state index contributed by atoms with van der Waals surface area (Å²) in [5, 5.41) is 75.3. The first kappa shape index (κ1) is 52.7. The number of nitrogens with zero attached hydrogens (tertiary/aromatic N) is 3. The van der Waals surface area contributed by atoms with Gasteiger partial charge in [0.15, 0.2) is 5.75 Å². The van der Waals surface area contributed by atoms with Gasteiger partial charge in [-0.3, -0.25) is 30.3 Å². The molecule has 9 N–H and O–H groups in total. The van der Waals surface area contributed by atoms with Crippen molar-refractivity contribution in [3.63, 3.8) is 0 Å². The van der Waals surface area contributed by atoms with Crippen molar-refractivity contribution in [2.24, 2.45) is 0 Å². The van der Waals surface area contributed by atoms with E-state index in [1.54, 1.807) is 36.4 Å². The van der Waals surface area contributed by atoms with Crippen LogP contribution in [0, 0.1) is 30.3 Å². The van der Waals surface area contributed by atoms with Crippen LogP contribution in [0.1, 0.15) is 19.4 Å². The number of phenolic OH excluding ortho intramolecular Hbond substituents is 3. The Labute approximate surface area is 392 Å². The lowest BCUT2D eigenvalue weighted by Gasteiger charge is -2.14. The highest BCUT2D eigenvalue weighted by atomic mass is 19.4. The van der Waals surface area contributed by atoms with Crippen molar-refractivity contribution in [2.75, 3.05) is 38.5 Å². The van der Waals surface area contributed by atoms with Gasteiger partial charge in [-0.1, -0.05) is 49.4 Å². The number of rotatable bonds is 13. The molecule has 0 saturated carbocycles. The first-order valence-corrected chi connectivity index (χ1v) is 20.0. The predicted octanol–water partition coefficient (Wildman–Crippen LogP) is 10.7. The topological polar surface area (TPSA) is 332 Å². The number of hydrogen-bond acceptors (Lipinski definition) is 14. The van der Waals surface area contributed by atoms with Crippen LogP contribution >= 0.6 is 0 Å². The first-order valence-electron chi connectivity index (χ1n) is 20.0. The zero-order valence-electron chi connectivity index (χ0n) is 36.3. The Kier molecular flexibility index (Phi) is 18.5. The van der Waals surface area contributed by atoms with Gasteiger partial charge in [-0.05, 0) is 67.4 Å². The van der Waals surface area contributed by atoms with E-state index >= 15 is 0 Å². The van der Waals surface area contributed by atoms with Crippen molar-refractivity contribution in [1.82, 2.24) is 0 Å². The molecule has 0 aromatic heterocycles. The molecule has 0 spiro atoms. The number of aromatic hydroxyl groups is 3. The van der Waals surface area contributed by atoms with Crippen molar-refractivity contribution in [3.8, 4) is 28.7 Å². The Morgan fingerprint density at radius 1 is 0.500 bits per heavy atom. The number of nitro groups is 3. The van der Waals surface area contributed by atoms with Crippen molar-refractivity contribution in [3.05, 3.63) is 163 Å². The third-order valence-corrected chi connectivity index (χ3v) is 8.76. The van der Waals surface area contributed by atoms with Gasteiger partial charge in [-0.15, -0.1) is 13.2 Å². The van der Waals surface area contributed by atoms with Gasteiger partial charge in [0.25, 0.3) is 17.1 Å². The largest absolute Gasteiger partial charge is 0.573 e. The molecule has 0 radical (unpaired) electrons. The monoisotopic (exact) mass is 975 g/mol. The third-order valence-electron chi connectivity index (χ3n) is 8.76. The molecule has 6 aromatic carbocycles. The number of nitro benzene ring substituents is 3. The Morgan fingerprint density at radius 3 is 1.19 bits per heavy atom. The average Bonchev–Trinajstić information content (AvgIpc) is 3.29. The molecule has 0 heterocycles. The molecule has 0 bridgehead atoms. The highest BCUT2D eigenvalue weighted by Crippen LogP contribution is 2.33. The fourth-order valence-corrected chi connectivity index (χ4v) is 5.63. The highest BCUT2D eigenvalue weighted by Gasteiger charge is 2.32. The SMILES string of the molecule is CCOc1ccccc1NC(=O)Nc1ccc([N+](=O)[O-])cc1O.CCc1ccccc1NC(=O)Nc1ccc([N+](=O)[O-])cc1O.O=C(Nc1ccc([N+](=O)[O-])cc1O)Nc1ccccc1OC(F)(F)F. The van der Waals surface area contributed by atoms with Crippen LogP contribution in [0.2, 0.25) is 0 Å². The molecule has 6 aromatic rings. The van der Waals surface area contributed by atoms with Crippen molar-refractivity contribution >= 4 is 69.3 Å². The molecule has 26 heteroatoms. The summed E-state index contributed by atoms with van der Waals surface area (Å²) in [7, 11) is 0. The second kappa shape index (κ2) is 24.6. The summed E-state index contributed by atoms with van der Waals surface area (Å²) in [5.41, 5.74) is 0.917.